The summed E-state index contributed by atoms with van der Waals surface area (Å²) in [5.74, 6) is 0.777. The van der Waals surface area contributed by atoms with E-state index < -0.39 is 0 Å². The van der Waals surface area contributed by atoms with Gasteiger partial charge in [0.15, 0.2) is 0 Å². The second kappa shape index (κ2) is 6.27. The average molecular weight is 279 g/mol. The lowest BCUT2D eigenvalue weighted by atomic mass is 10.1. The largest absolute Gasteiger partial charge is 0.488 e. The van der Waals surface area contributed by atoms with Gasteiger partial charge < -0.3 is 10.1 Å². The van der Waals surface area contributed by atoms with Gasteiger partial charge in [-0.3, -0.25) is 4.79 Å². The smallest absolute Gasteiger partial charge is 0.250 e. The third-order valence-corrected chi connectivity index (χ3v) is 3.47. The highest BCUT2D eigenvalue weighted by Gasteiger charge is 2.16. The second-order valence-electron chi connectivity index (χ2n) is 4.99. The van der Waals surface area contributed by atoms with Crippen molar-refractivity contribution in [2.45, 2.75) is 6.42 Å². The van der Waals surface area contributed by atoms with Crippen molar-refractivity contribution in [1.29, 1.82) is 0 Å². The van der Waals surface area contributed by atoms with Gasteiger partial charge in [-0.2, -0.15) is 0 Å². The summed E-state index contributed by atoms with van der Waals surface area (Å²) in [6.45, 7) is 0.954. The molecule has 2 aromatic carbocycles. The summed E-state index contributed by atoms with van der Waals surface area (Å²) in [6, 6.07) is 17.9. The molecular formula is C18H17NO2. The first-order valence-electron chi connectivity index (χ1n) is 7.07. The standard InChI is InChI=1S/C18H17NO2/c20-18(19-11-10-14-6-2-1-3-7-14)16-12-15-8-4-5-9-17(15)21-13-16/h1-9,12H,10-11,13H2,(H,19,20). The fourth-order valence-electron chi connectivity index (χ4n) is 2.33. The Morgan fingerprint density at radius 2 is 1.81 bits per heavy atom. The minimum atomic E-state index is -0.0552. The number of ether oxygens (including phenoxy) is 1. The summed E-state index contributed by atoms with van der Waals surface area (Å²) >= 11 is 0. The van der Waals surface area contributed by atoms with Gasteiger partial charge in [0.1, 0.15) is 12.4 Å². The normalized spacial score (nSPS) is 12.9. The molecule has 106 valence electrons. The van der Waals surface area contributed by atoms with Crippen molar-refractivity contribution in [2.24, 2.45) is 0 Å². The molecule has 0 fully saturated rings. The molecule has 1 aliphatic heterocycles. The molecule has 1 amide bonds. The van der Waals surface area contributed by atoms with Crippen LogP contribution < -0.4 is 10.1 Å². The van der Waals surface area contributed by atoms with E-state index in [1.54, 1.807) is 0 Å². The molecule has 0 atom stereocenters. The van der Waals surface area contributed by atoms with E-state index in [1.807, 2.05) is 48.5 Å². The molecular weight excluding hydrogens is 262 g/mol. The van der Waals surface area contributed by atoms with Crippen LogP contribution in [0.1, 0.15) is 11.1 Å². The minimum Gasteiger partial charge on any atom is -0.488 e. The number of carbonyl (C=O) groups is 1. The number of fused-ring (bicyclic) bond motifs is 1. The molecule has 0 radical (unpaired) electrons. The van der Waals surface area contributed by atoms with Crippen molar-refractivity contribution in [1.82, 2.24) is 5.32 Å². The van der Waals surface area contributed by atoms with Crippen LogP contribution in [0.5, 0.6) is 5.75 Å². The number of hydrogen-bond acceptors (Lipinski definition) is 2. The van der Waals surface area contributed by atoms with Crippen LogP contribution in [-0.2, 0) is 11.2 Å². The summed E-state index contributed by atoms with van der Waals surface area (Å²) in [4.78, 5) is 12.1. The first-order chi connectivity index (χ1) is 10.3. The minimum absolute atomic E-state index is 0.0552. The zero-order valence-electron chi connectivity index (χ0n) is 11.7. The molecule has 0 aliphatic carbocycles. The second-order valence-corrected chi connectivity index (χ2v) is 4.99. The van der Waals surface area contributed by atoms with Gasteiger partial charge in [0.05, 0.1) is 5.57 Å². The monoisotopic (exact) mass is 279 g/mol. The molecule has 3 nitrogen and oxygen atoms in total. The molecule has 21 heavy (non-hydrogen) atoms. The maximum absolute atomic E-state index is 12.1. The highest BCUT2D eigenvalue weighted by atomic mass is 16.5. The first kappa shape index (κ1) is 13.4. The topological polar surface area (TPSA) is 38.3 Å². The first-order valence-corrected chi connectivity index (χ1v) is 7.07. The third kappa shape index (κ3) is 3.31. The van der Waals surface area contributed by atoms with E-state index in [9.17, 15) is 4.79 Å². The SMILES string of the molecule is O=C(NCCc1ccccc1)C1=Cc2ccccc2OC1. The molecule has 3 heteroatoms. The van der Waals surface area contributed by atoms with Gasteiger partial charge in [-0.05, 0) is 24.1 Å². The fraction of sp³-hybridized carbons (Fsp3) is 0.167. The van der Waals surface area contributed by atoms with E-state index in [2.05, 4.69) is 17.4 Å². The molecule has 1 aliphatic rings. The van der Waals surface area contributed by atoms with Crippen LogP contribution in [-0.4, -0.2) is 19.1 Å². The van der Waals surface area contributed by atoms with E-state index in [1.165, 1.54) is 5.56 Å². The van der Waals surface area contributed by atoms with Crippen LogP contribution in [0.15, 0.2) is 60.2 Å². The summed E-state index contributed by atoms with van der Waals surface area (Å²) < 4.78 is 5.59. The van der Waals surface area contributed by atoms with Crippen molar-refractivity contribution in [3.63, 3.8) is 0 Å². The highest BCUT2D eigenvalue weighted by Crippen LogP contribution is 2.25. The van der Waals surface area contributed by atoms with E-state index >= 15 is 0 Å². The van der Waals surface area contributed by atoms with Gasteiger partial charge in [0.2, 0.25) is 0 Å². The van der Waals surface area contributed by atoms with Crippen LogP contribution in [0.3, 0.4) is 0 Å². The molecule has 1 N–H and O–H groups in total. The summed E-state index contributed by atoms with van der Waals surface area (Å²) in [7, 11) is 0. The number of hydrogen-bond donors (Lipinski definition) is 1. The van der Waals surface area contributed by atoms with E-state index in [-0.39, 0.29) is 5.91 Å². The molecule has 0 unspecified atom stereocenters. The third-order valence-electron chi connectivity index (χ3n) is 3.47. The maximum atomic E-state index is 12.1. The van der Waals surface area contributed by atoms with Gasteiger partial charge in [-0.1, -0.05) is 48.5 Å². The van der Waals surface area contributed by atoms with Crippen molar-refractivity contribution in [2.75, 3.05) is 13.2 Å². The predicted octanol–water partition coefficient (Wildman–Crippen LogP) is 2.82. The summed E-state index contributed by atoms with van der Waals surface area (Å²) in [5, 5.41) is 2.94. The highest BCUT2D eigenvalue weighted by molar-refractivity contribution is 5.99. The van der Waals surface area contributed by atoms with E-state index in [0.717, 1.165) is 17.7 Å². The summed E-state index contributed by atoms with van der Waals surface area (Å²) in [6.07, 6.45) is 2.73. The molecule has 3 rings (SSSR count). The number of rotatable bonds is 4. The summed E-state index contributed by atoms with van der Waals surface area (Å²) in [5.41, 5.74) is 2.84. The van der Waals surface area contributed by atoms with Crippen LogP contribution in [0, 0.1) is 0 Å². The van der Waals surface area contributed by atoms with Crippen LogP contribution >= 0.6 is 0 Å². The van der Waals surface area contributed by atoms with Gasteiger partial charge in [-0.15, -0.1) is 0 Å². The zero-order chi connectivity index (χ0) is 14.5. The van der Waals surface area contributed by atoms with Crippen molar-refractivity contribution >= 4 is 12.0 Å². The average Bonchev–Trinajstić information content (AvgIpc) is 2.55. The predicted molar refractivity (Wildman–Crippen MR) is 83.1 cm³/mol. The zero-order valence-corrected chi connectivity index (χ0v) is 11.7. The Morgan fingerprint density at radius 1 is 1.05 bits per heavy atom. The van der Waals surface area contributed by atoms with Gasteiger partial charge in [0, 0.05) is 12.1 Å². The molecule has 0 bridgehead atoms. The molecule has 1 heterocycles. The Morgan fingerprint density at radius 3 is 2.67 bits per heavy atom. The molecule has 0 saturated heterocycles. The van der Waals surface area contributed by atoms with Crippen LogP contribution in [0.25, 0.3) is 6.08 Å². The number of carbonyl (C=O) groups excluding carboxylic acids is 1. The lowest BCUT2D eigenvalue weighted by molar-refractivity contribution is -0.117. The lowest BCUT2D eigenvalue weighted by Crippen LogP contribution is -2.30. The van der Waals surface area contributed by atoms with Crippen LogP contribution in [0.4, 0.5) is 0 Å². The Labute approximate surface area is 124 Å². The van der Waals surface area contributed by atoms with Crippen molar-refractivity contribution < 1.29 is 9.53 Å². The quantitative estimate of drug-likeness (QED) is 0.934. The Hall–Kier alpha value is -2.55. The lowest BCUT2D eigenvalue weighted by Gasteiger charge is -2.17. The number of para-hydroxylation sites is 1. The number of amides is 1. The maximum Gasteiger partial charge on any atom is 0.250 e. The molecule has 0 aromatic heterocycles. The van der Waals surface area contributed by atoms with Gasteiger partial charge in [0.25, 0.3) is 5.91 Å². The van der Waals surface area contributed by atoms with Gasteiger partial charge >= 0.3 is 0 Å². The Bertz CT molecular complexity index is 662. The van der Waals surface area contributed by atoms with Gasteiger partial charge in [-0.25, -0.2) is 0 Å². The van der Waals surface area contributed by atoms with Crippen LogP contribution in [0.2, 0.25) is 0 Å². The van der Waals surface area contributed by atoms with Crippen molar-refractivity contribution in [3.05, 3.63) is 71.3 Å². The molecule has 0 saturated carbocycles. The number of nitrogens with one attached hydrogen (secondary N) is 1. The molecule has 0 spiro atoms. The van der Waals surface area contributed by atoms with E-state index in [4.69, 9.17) is 4.74 Å². The molecule has 2 aromatic rings. The Kier molecular flexibility index (Phi) is 4.01. The van der Waals surface area contributed by atoms with E-state index in [0.29, 0.717) is 18.7 Å². The fourth-order valence-corrected chi connectivity index (χ4v) is 2.33. The Balaban J connectivity index is 1.58. The number of benzene rings is 2. The van der Waals surface area contributed by atoms with Crippen molar-refractivity contribution in [3.8, 4) is 5.75 Å².